The standard InChI is InChI=1S/C11H15NO3/c1-8(7-14-2)15-11(13)9-3-5-10(12)6-4-9/h3-6,8H,7,12H2,1-2H3. The smallest absolute Gasteiger partial charge is 0.338 e. The number of hydrogen-bond acceptors (Lipinski definition) is 4. The lowest BCUT2D eigenvalue weighted by Gasteiger charge is -2.11. The number of benzene rings is 1. The number of carbonyl (C=O) groups excluding carboxylic acids is 1. The first-order valence-corrected chi connectivity index (χ1v) is 4.69. The maximum absolute atomic E-state index is 11.5. The van der Waals surface area contributed by atoms with Crippen molar-refractivity contribution < 1.29 is 14.3 Å². The van der Waals surface area contributed by atoms with Gasteiger partial charge in [0, 0.05) is 12.8 Å². The van der Waals surface area contributed by atoms with E-state index in [2.05, 4.69) is 0 Å². The Hall–Kier alpha value is -1.55. The van der Waals surface area contributed by atoms with Gasteiger partial charge in [-0.1, -0.05) is 0 Å². The van der Waals surface area contributed by atoms with Gasteiger partial charge in [0.05, 0.1) is 12.2 Å². The Balaban J connectivity index is 2.57. The zero-order valence-corrected chi connectivity index (χ0v) is 8.90. The van der Waals surface area contributed by atoms with Crippen molar-refractivity contribution in [2.75, 3.05) is 19.5 Å². The summed E-state index contributed by atoms with van der Waals surface area (Å²) in [5, 5.41) is 0. The van der Waals surface area contributed by atoms with Gasteiger partial charge >= 0.3 is 5.97 Å². The van der Waals surface area contributed by atoms with E-state index in [-0.39, 0.29) is 12.1 Å². The van der Waals surface area contributed by atoms with Gasteiger partial charge in [-0.05, 0) is 31.2 Å². The summed E-state index contributed by atoms with van der Waals surface area (Å²) in [5.41, 5.74) is 6.62. The number of hydrogen-bond donors (Lipinski definition) is 1. The highest BCUT2D eigenvalue weighted by molar-refractivity contribution is 5.89. The first kappa shape index (κ1) is 11.5. The number of esters is 1. The Morgan fingerprint density at radius 2 is 2.00 bits per heavy atom. The molecular weight excluding hydrogens is 194 g/mol. The summed E-state index contributed by atoms with van der Waals surface area (Å²) < 4.78 is 9.97. The highest BCUT2D eigenvalue weighted by Crippen LogP contribution is 2.08. The Kier molecular flexibility index (Phi) is 4.12. The van der Waals surface area contributed by atoms with E-state index in [4.69, 9.17) is 15.2 Å². The molecule has 1 unspecified atom stereocenters. The molecule has 0 heterocycles. The minimum Gasteiger partial charge on any atom is -0.457 e. The SMILES string of the molecule is COCC(C)OC(=O)c1ccc(N)cc1. The molecule has 0 aliphatic heterocycles. The zero-order chi connectivity index (χ0) is 11.3. The predicted molar refractivity (Wildman–Crippen MR) is 57.6 cm³/mol. The second-order valence-corrected chi connectivity index (χ2v) is 3.29. The van der Waals surface area contributed by atoms with Gasteiger partial charge in [0.2, 0.25) is 0 Å². The van der Waals surface area contributed by atoms with E-state index in [1.165, 1.54) is 0 Å². The maximum Gasteiger partial charge on any atom is 0.338 e. The van der Waals surface area contributed by atoms with Gasteiger partial charge in [-0.15, -0.1) is 0 Å². The van der Waals surface area contributed by atoms with E-state index in [9.17, 15) is 4.79 Å². The van der Waals surface area contributed by atoms with Crippen LogP contribution >= 0.6 is 0 Å². The third kappa shape index (κ3) is 3.59. The highest BCUT2D eigenvalue weighted by Gasteiger charge is 2.11. The van der Waals surface area contributed by atoms with Crippen LogP contribution in [0, 0.1) is 0 Å². The molecule has 0 saturated heterocycles. The van der Waals surface area contributed by atoms with Crippen LogP contribution in [0.25, 0.3) is 0 Å². The Bertz CT molecular complexity index is 321. The number of rotatable bonds is 4. The van der Waals surface area contributed by atoms with Crippen molar-refractivity contribution in [2.24, 2.45) is 0 Å². The predicted octanol–water partition coefficient (Wildman–Crippen LogP) is 1.46. The minimum absolute atomic E-state index is 0.250. The lowest BCUT2D eigenvalue weighted by atomic mass is 10.2. The van der Waals surface area contributed by atoms with Crippen LogP contribution in [0.15, 0.2) is 24.3 Å². The molecule has 0 radical (unpaired) electrons. The van der Waals surface area contributed by atoms with Crippen LogP contribution < -0.4 is 5.73 Å². The topological polar surface area (TPSA) is 61.5 Å². The normalized spacial score (nSPS) is 12.1. The molecule has 0 amide bonds. The Morgan fingerprint density at radius 3 is 2.53 bits per heavy atom. The van der Waals surface area contributed by atoms with E-state index in [0.29, 0.717) is 17.9 Å². The second-order valence-electron chi connectivity index (χ2n) is 3.29. The summed E-state index contributed by atoms with van der Waals surface area (Å²) in [5.74, 6) is -0.362. The number of carbonyl (C=O) groups is 1. The van der Waals surface area contributed by atoms with Crippen molar-refractivity contribution in [3.8, 4) is 0 Å². The molecule has 0 aliphatic rings. The van der Waals surface area contributed by atoms with E-state index < -0.39 is 0 Å². The number of nitrogen functional groups attached to an aromatic ring is 1. The van der Waals surface area contributed by atoms with E-state index >= 15 is 0 Å². The van der Waals surface area contributed by atoms with Crippen LogP contribution in [-0.2, 0) is 9.47 Å². The molecule has 2 N–H and O–H groups in total. The van der Waals surface area contributed by atoms with Crippen LogP contribution in [0.5, 0.6) is 0 Å². The van der Waals surface area contributed by atoms with Crippen LogP contribution in [0.4, 0.5) is 5.69 Å². The van der Waals surface area contributed by atoms with Crippen molar-refractivity contribution in [1.29, 1.82) is 0 Å². The molecule has 4 nitrogen and oxygen atoms in total. The van der Waals surface area contributed by atoms with Crippen LogP contribution in [0.2, 0.25) is 0 Å². The molecule has 1 aromatic carbocycles. The summed E-state index contributed by atoms with van der Waals surface area (Å²) in [6, 6.07) is 6.60. The quantitative estimate of drug-likeness (QED) is 0.602. The van der Waals surface area contributed by atoms with Crippen LogP contribution in [0.3, 0.4) is 0 Å². The molecule has 0 spiro atoms. The van der Waals surface area contributed by atoms with Crippen molar-refractivity contribution in [3.05, 3.63) is 29.8 Å². The molecule has 15 heavy (non-hydrogen) atoms. The van der Waals surface area contributed by atoms with Crippen LogP contribution in [-0.4, -0.2) is 25.8 Å². The molecule has 0 aromatic heterocycles. The van der Waals surface area contributed by atoms with Gasteiger partial charge in [0.15, 0.2) is 0 Å². The fraction of sp³-hybridized carbons (Fsp3) is 0.364. The summed E-state index contributed by atoms with van der Waals surface area (Å²) in [4.78, 5) is 11.5. The molecule has 1 aromatic rings. The van der Waals surface area contributed by atoms with Crippen molar-refractivity contribution in [3.63, 3.8) is 0 Å². The van der Waals surface area contributed by atoms with Gasteiger partial charge in [0.25, 0.3) is 0 Å². The Morgan fingerprint density at radius 1 is 1.40 bits per heavy atom. The largest absolute Gasteiger partial charge is 0.457 e. The molecule has 1 rings (SSSR count). The van der Waals surface area contributed by atoms with Gasteiger partial charge in [-0.3, -0.25) is 0 Å². The van der Waals surface area contributed by atoms with Crippen molar-refractivity contribution >= 4 is 11.7 Å². The first-order valence-electron chi connectivity index (χ1n) is 4.69. The summed E-state index contributed by atoms with van der Waals surface area (Å²) in [6.45, 7) is 2.17. The van der Waals surface area contributed by atoms with E-state index in [1.54, 1.807) is 38.3 Å². The fourth-order valence-electron chi connectivity index (χ4n) is 1.14. The summed E-state index contributed by atoms with van der Waals surface area (Å²) in [6.07, 6.45) is -0.250. The maximum atomic E-state index is 11.5. The second kappa shape index (κ2) is 5.36. The molecular formula is C11H15NO3. The van der Waals surface area contributed by atoms with Gasteiger partial charge in [0.1, 0.15) is 6.10 Å². The molecule has 0 aliphatic carbocycles. The highest BCUT2D eigenvalue weighted by atomic mass is 16.6. The lowest BCUT2D eigenvalue weighted by Crippen LogP contribution is -2.19. The molecule has 0 saturated carbocycles. The average molecular weight is 209 g/mol. The van der Waals surface area contributed by atoms with Gasteiger partial charge in [-0.25, -0.2) is 4.79 Å². The van der Waals surface area contributed by atoms with E-state index in [1.807, 2.05) is 0 Å². The van der Waals surface area contributed by atoms with Gasteiger partial charge in [-0.2, -0.15) is 0 Å². The summed E-state index contributed by atoms with van der Waals surface area (Å²) >= 11 is 0. The number of anilines is 1. The zero-order valence-electron chi connectivity index (χ0n) is 8.90. The average Bonchev–Trinajstić information content (AvgIpc) is 2.18. The van der Waals surface area contributed by atoms with Crippen molar-refractivity contribution in [1.82, 2.24) is 0 Å². The van der Waals surface area contributed by atoms with Crippen molar-refractivity contribution in [2.45, 2.75) is 13.0 Å². The molecule has 82 valence electrons. The van der Waals surface area contributed by atoms with Crippen LogP contribution in [0.1, 0.15) is 17.3 Å². The monoisotopic (exact) mass is 209 g/mol. The Labute approximate surface area is 89.0 Å². The number of ether oxygens (including phenoxy) is 2. The third-order valence-electron chi connectivity index (χ3n) is 1.86. The third-order valence-corrected chi connectivity index (χ3v) is 1.86. The first-order chi connectivity index (χ1) is 7.13. The number of nitrogens with two attached hydrogens (primary N) is 1. The number of methoxy groups -OCH3 is 1. The molecule has 4 heteroatoms. The van der Waals surface area contributed by atoms with E-state index in [0.717, 1.165) is 0 Å². The molecule has 1 atom stereocenters. The lowest BCUT2D eigenvalue weighted by molar-refractivity contribution is 0.0120. The minimum atomic E-state index is -0.362. The fourth-order valence-corrected chi connectivity index (χ4v) is 1.14. The summed E-state index contributed by atoms with van der Waals surface area (Å²) in [7, 11) is 1.56. The molecule has 0 bridgehead atoms. The van der Waals surface area contributed by atoms with Gasteiger partial charge < -0.3 is 15.2 Å². The molecule has 0 fully saturated rings.